The highest BCUT2D eigenvalue weighted by molar-refractivity contribution is 5.92. The molecule has 0 saturated heterocycles. The Kier molecular flexibility index (Phi) is 4.89. The molecule has 0 atom stereocenters. The maximum atomic E-state index is 12.8. The third-order valence-corrected chi connectivity index (χ3v) is 4.50. The molecular weight excluding hydrogens is 326 g/mol. The van der Waals surface area contributed by atoms with Crippen molar-refractivity contribution in [1.82, 2.24) is 9.55 Å². The van der Waals surface area contributed by atoms with Crippen molar-refractivity contribution in [3.8, 4) is 0 Å². The van der Waals surface area contributed by atoms with Gasteiger partial charge in [-0.3, -0.25) is 14.2 Å². The van der Waals surface area contributed by atoms with E-state index in [9.17, 15) is 9.59 Å². The molecule has 134 valence electrons. The van der Waals surface area contributed by atoms with Gasteiger partial charge in [0.2, 0.25) is 5.91 Å². The van der Waals surface area contributed by atoms with Crippen molar-refractivity contribution in [2.24, 2.45) is 0 Å². The molecule has 0 saturated carbocycles. The normalized spacial score (nSPS) is 10.9. The summed E-state index contributed by atoms with van der Waals surface area (Å²) in [7, 11) is 0. The van der Waals surface area contributed by atoms with Crippen LogP contribution in [0.15, 0.2) is 41.2 Å². The lowest BCUT2D eigenvalue weighted by atomic mass is 10.1. The zero-order chi connectivity index (χ0) is 18.8. The molecule has 1 amide bonds. The number of aromatic nitrogens is 2. The molecule has 0 aliphatic carbocycles. The minimum atomic E-state index is -0.228. The Hall–Kier alpha value is -2.95. The Labute approximate surface area is 152 Å². The minimum Gasteiger partial charge on any atom is -0.324 e. The maximum absolute atomic E-state index is 12.8. The van der Waals surface area contributed by atoms with Gasteiger partial charge in [0.25, 0.3) is 5.56 Å². The van der Waals surface area contributed by atoms with Crippen LogP contribution >= 0.6 is 0 Å². The number of fused-ring (bicyclic) bond motifs is 1. The molecule has 1 heterocycles. The fourth-order valence-corrected chi connectivity index (χ4v) is 3.35. The molecule has 0 radical (unpaired) electrons. The van der Waals surface area contributed by atoms with Gasteiger partial charge in [0.1, 0.15) is 12.4 Å². The fourth-order valence-electron chi connectivity index (χ4n) is 3.35. The molecule has 0 fully saturated rings. The van der Waals surface area contributed by atoms with Crippen molar-refractivity contribution in [2.75, 3.05) is 5.32 Å². The summed E-state index contributed by atoms with van der Waals surface area (Å²) in [4.78, 5) is 30.0. The molecule has 3 aromatic rings. The molecular formula is C21H23N3O2. The van der Waals surface area contributed by atoms with Gasteiger partial charge in [-0.05, 0) is 44.0 Å². The Morgan fingerprint density at radius 2 is 1.77 bits per heavy atom. The molecule has 1 aromatic heterocycles. The van der Waals surface area contributed by atoms with E-state index in [0.717, 1.165) is 22.4 Å². The van der Waals surface area contributed by atoms with Crippen LogP contribution in [0.25, 0.3) is 10.9 Å². The molecule has 5 heteroatoms. The average Bonchev–Trinajstić information content (AvgIpc) is 2.60. The Morgan fingerprint density at radius 1 is 1.12 bits per heavy atom. The number of amides is 1. The first-order chi connectivity index (χ1) is 12.4. The lowest BCUT2D eigenvalue weighted by Crippen LogP contribution is -2.31. The first-order valence-corrected chi connectivity index (χ1v) is 8.77. The first-order valence-electron chi connectivity index (χ1n) is 8.77. The quantitative estimate of drug-likeness (QED) is 0.784. The number of nitrogens with one attached hydrogen (secondary N) is 1. The monoisotopic (exact) mass is 349 g/mol. The molecule has 1 N–H and O–H groups in total. The fraction of sp³-hybridized carbons (Fsp3) is 0.286. The van der Waals surface area contributed by atoms with Crippen LogP contribution in [0, 0.1) is 20.8 Å². The van der Waals surface area contributed by atoms with Crippen molar-refractivity contribution in [1.29, 1.82) is 0 Å². The summed E-state index contributed by atoms with van der Waals surface area (Å²) in [6.45, 7) is 7.85. The van der Waals surface area contributed by atoms with E-state index in [4.69, 9.17) is 0 Å². The Morgan fingerprint density at radius 3 is 2.42 bits per heavy atom. The number of hydrogen-bond donors (Lipinski definition) is 1. The lowest BCUT2D eigenvalue weighted by molar-refractivity contribution is -0.116. The van der Waals surface area contributed by atoms with Crippen LogP contribution in [0.1, 0.15) is 29.4 Å². The zero-order valence-electron chi connectivity index (χ0n) is 15.6. The third-order valence-electron chi connectivity index (χ3n) is 4.50. The molecule has 2 aromatic carbocycles. The standard InChI is InChI=1S/C21H23N3O2/c1-5-18-22-17-9-7-6-8-16(17)21(26)24(18)12-19(25)23-20-14(3)10-13(2)11-15(20)4/h6-11H,5,12H2,1-4H3,(H,23,25). The van der Waals surface area contributed by atoms with E-state index in [1.165, 1.54) is 4.57 Å². The molecule has 0 unspecified atom stereocenters. The Bertz CT molecular complexity index is 1030. The van der Waals surface area contributed by atoms with Crippen molar-refractivity contribution in [2.45, 2.75) is 40.7 Å². The number of carbonyl (C=O) groups excluding carboxylic acids is 1. The van der Waals surface area contributed by atoms with Crippen LogP contribution in [0.5, 0.6) is 0 Å². The minimum absolute atomic E-state index is 0.0490. The highest BCUT2D eigenvalue weighted by atomic mass is 16.2. The second-order valence-electron chi connectivity index (χ2n) is 6.61. The molecule has 5 nitrogen and oxygen atoms in total. The second kappa shape index (κ2) is 7.12. The highest BCUT2D eigenvalue weighted by Crippen LogP contribution is 2.22. The number of hydrogen-bond acceptors (Lipinski definition) is 3. The van der Waals surface area contributed by atoms with Crippen molar-refractivity contribution >= 4 is 22.5 Å². The molecule has 0 aliphatic rings. The van der Waals surface area contributed by atoms with Crippen LogP contribution in [-0.4, -0.2) is 15.5 Å². The Balaban J connectivity index is 1.95. The van der Waals surface area contributed by atoms with Crippen LogP contribution in [0.4, 0.5) is 5.69 Å². The van der Waals surface area contributed by atoms with E-state index >= 15 is 0 Å². The van der Waals surface area contributed by atoms with Crippen LogP contribution < -0.4 is 10.9 Å². The van der Waals surface area contributed by atoms with Gasteiger partial charge in [0.05, 0.1) is 10.9 Å². The topological polar surface area (TPSA) is 64.0 Å². The van der Waals surface area contributed by atoms with E-state index in [-0.39, 0.29) is 18.0 Å². The number of nitrogens with zero attached hydrogens (tertiary/aromatic N) is 2. The molecule has 26 heavy (non-hydrogen) atoms. The maximum Gasteiger partial charge on any atom is 0.261 e. The summed E-state index contributed by atoms with van der Waals surface area (Å²) < 4.78 is 1.47. The third kappa shape index (κ3) is 3.38. The molecule has 3 rings (SSSR count). The lowest BCUT2D eigenvalue weighted by Gasteiger charge is -2.15. The first kappa shape index (κ1) is 17.9. The molecule has 0 aliphatic heterocycles. The summed E-state index contributed by atoms with van der Waals surface area (Å²) >= 11 is 0. The second-order valence-corrected chi connectivity index (χ2v) is 6.61. The van der Waals surface area contributed by atoms with Crippen molar-refractivity contribution < 1.29 is 4.79 Å². The van der Waals surface area contributed by atoms with Crippen molar-refractivity contribution in [3.05, 3.63) is 69.3 Å². The summed E-state index contributed by atoms with van der Waals surface area (Å²) in [6.07, 6.45) is 0.579. The molecule has 0 spiro atoms. The van der Waals surface area contributed by atoms with Gasteiger partial charge in [0, 0.05) is 12.1 Å². The van der Waals surface area contributed by atoms with Gasteiger partial charge in [-0.25, -0.2) is 4.98 Å². The van der Waals surface area contributed by atoms with E-state index in [0.29, 0.717) is 23.1 Å². The largest absolute Gasteiger partial charge is 0.324 e. The highest BCUT2D eigenvalue weighted by Gasteiger charge is 2.14. The summed E-state index contributed by atoms with van der Waals surface area (Å²) in [5.41, 5.74) is 4.46. The smallest absolute Gasteiger partial charge is 0.261 e. The van der Waals surface area contributed by atoms with E-state index in [1.54, 1.807) is 12.1 Å². The number of para-hydroxylation sites is 1. The van der Waals surface area contributed by atoms with E-state index in [2.05, 4.69) is 10.3 Å². The van der Waals surface area contributed by atoms with Gasteiger partial charge >= 0.3 is 0 Å². The average molecular weight is 349 g/mol. The van der Waals surface area contributed by atoms with Gasteiger partial charge in [-0.15, -0.1) is 0 Å². The summed E-state index contributed by atoms with van der Waals surface area (Å²) in [5, 5.41) is 3.48. The number of rotatable bonds is 4. The van der Waals surface area contributed by atoms with E-state index < -0.39 is 0 Å². The number of anilines is 1. The van der Waals surface area contributed by atoms with E-state index in [1.807, 2.05) is 52.0 Å². The number of carbonyl (C=O) groups is 1. The molecule has 0 bridgehead atoms. The number of aryl methyl sites for hydroxylation is 4. The zero-order valence-corrected chi connectivity index (χ0v) is 15.6. The summed E-state index contributed by atoms with van der Waals surface area (Å²) in [5.74, 6) is 0.384. The van der Waals surface area contributed by atoms with Gasteiger partial charge < -0.3 is 5.32 Å². The van der Waals surface area contributed by atoms with Gasteiger partial charge in [0.15, 0.2) is 0 Å². The van der Waals surface area contributed by atoms with Crippen LogP contribution in [0.2, 0.25) is 0 Å². The summed E-state index contributed by atoms with van der Waals surface area (Å²) in [6, 6.07) is 11.3. The van der Waals surface area contributed by atoms with Crippen molar-refractivity contribution in [3.63, 3.8) is 0 Å². The predicted octanol–water partition coefficient (Wildman–Crippen LogP) is 3.52. The SMILES string of the molecule is CCc1nc2ccccc2c(=O)n1CC(=O)Nc1c(C)cc(C)cc1C. The van der Waals surface area contributed by atoms with Gasteiger partial charge in [-0.1, -0.05) is 36.8 Å². The van der Waals surface area contributed by atoms with Crippen LogP contribution in [0.3, 0.4) is 0 Å². The number of benzene rings is 2. The van der Waals surface area contributed by atoms with Crippen LogP contribution in [-0.2, 0) is 17.8 Å². The predicted molar refractivity (Wildman–Crippen MR) is 105 cm³/mol. The van der Waals surface area contributed by atoms with Gasteiger partial charge in [-0.2, -0.15) is 0 Å².